The molecule has 110 valence electrons. The lowest BCUT2D eigenvalue weighted by Crippen LogP contribution is -2.55. The minimum Gasteiger partial charge on any atom is -0.308 e. The zero-order valence-electron chi connectivity index (χ0n) is 12.9. The zero-order valence-corrected chi connectivity index (χ0v) is 12.9. The van der Waals surface area contributed by atoms with Crippen molar-refractivity contribution in [2.75, 3.05) is 66.5 Å². The average Bonchev–Trinajstić information content (AvgIpc) is 2.38. The molecule has 1 aliphatic rings. The molecule has 19 heavy (non-hydrogen) atoms. The molecule has 1 atom stereocenters. The molecule has 0 aromatic rings. The van der Waals surface area contributed by atoms with Crippen LogP contribution in [0.1, 0.15) is 13.8 Å². The van der Waals surface area contributed by atoms with Gasteiger partial charge in [0.1, 0.15) is 5.54 Å². The van der Waals surface area contributed by atoms with Crippen molar-refractivity contribution < 1.29 is 0 Å². The summed E-state index contributed by atoms with van der Waals surface area (Å²) in [6, 6.07) is 2.40. The first-order chi connectivity index (χ1) is 8.99. The van der Waals surface area contributed by atoms with Gasteiger partial charge in [0.25, 0.3) is 0 Å². The largest absolute Gasteiger partial charge is 0.308 e. The van der Waals surface area contributed by atoms with E-state index in [1.54, 1.807) is 0 Å². The molecule has 0 saturated carbocycles. The Morgan fingerprint density at radius 3 is 2.26 bits per heavy atom. The second-order valence-electron chi connectivity index (χ2n) is 5.90. The number of hydrogen-bond acceptors (Lipinski definition) is 5. The summed E-state index contributed by atoms with van der Waals surface area (Å²) < 4.78 is 0. The standard InChI is InChI=1S/C14H29N5/c1-5-16-14(2,12-15)13-19-10-8-18(9-11-19)7-6-17(3)4/h16H,5-11,13H2,1-4H3. The Bertz CT molecular complexity index is 291. The third-order valence-electron chi connectivity index (χ3n) is 3.68. The third kappa shape index (κ3) is 5.87. The van der Waals surface area contributed by atoms with Gasteiger partial charge in [-0.1, -0.05) is 6.92 Å². The van der Waals surface area contributed by atoms with Crippen LogP contribution < -0.4 is 5.32 Å². The van der Waals surface area contributed by atoms with E-state index in [0.29, 0.717) is 0 Å². The quantitative estimate of drug-likeness (QED) is 0.706. The maximum absolute atomic E-state index is 9.29. The van der Waals surface area contributed by atoms with Crippen LogP contribution in [0.25, 0.3) is 0 Å². The van der Waals surface area contributed by atoms with E-state index in [1.807, 2.05) is 6.92 Å². The number of nitriles is 1. The van der Waals surface area contributed by atoms with Gasteiger partial charge < -0.3 is 4.90 Å². The highest BCUT2D eigenvalue weighted by molar-refractivity contribution is 5.05. The molecule has 0 amide bonds. The second kappa shape index (κ2) is 7.81. The number of piperazine rings is 1. The van der Waals surface area contributed by atoms with Crippen LogP contribution in [0.4, 0.5) is 0 Å². The topological polar surface area (TPSA) is 45.5 Å². The van der Waals surface area contributed by atoms with Crippen LogP contribution in [0.2, 0.25) is 0 Å². The normalized spacial score (nSPS) is 21.3. The monoisotopic (exact) mass is 267 g/mol. The molecule has 5 nitrogen and oxygen atoms in total. The van der Waals surface area contributed by atoms with Crippen LogP contribution in [0.3, 0.4) is 0 Å². The van der Waals surface area contributed by atoms with E-state index in [9.17, 15) is 5.26 Å². The van der Waals surface area contributed by atoms with E-state index < -0.39 is 5.54 Å². The summed E-state index contributed by atoms with van der Waals surface area (Å²) in [6.45, 7) is 12.3. The van der Waals surface area contributed by atoms with Gasteiger partial charge >= 0.3 is 0 Å². The summed E-state index contributed by atoms with van der Waals surface area (Å²) in [5, 5.41) is 12.6. The molecule has 1 unspecified atom stereocenters. The highest BCUT2D eigenvalue weighted by atomic mass is 15.3. The molecule has 0 radical (unpaired) electrons. The van der Waals surface area contributed by atoms with Crippen molar-refractivity contribution >= 4 is 0 Å². The fraction of sp³-hybridized carbons (Fsp3) is 0.929. The minimum atomic E-state index is -0.416. The van der Waals surface area contributed by atoms with Gasteiger partial charge in [0, 0.05) is 45.8 Å². The smallest absolute Gasteiger partial charge is 0.116 e. The molecule has 1 heterocycles. The molecule has 0 aromatic heterocycles. The summed E-state index contributed by atoms with van der Waals surface area (Å²) in [4.78, 5) is 7.13. The number of hydrogen-bond donors (Lipinski definition) is 1. The lowest BCUT2D eigenvalue weighted by Gasteiger charge is -2.38. The Kier molecular flexibility index (Phi) is 6.73. The van der Waals surface area contributed by atoms with Crippen molar-refractivity contribution in [2.24, 2.45) is 0 Å². The summed E-state index contributed by atoms with van der Waals surface area (Å²) in [5.41, 5.74) is -0.416. The average molecular weight is 267 g/mol. The molecule has 0 aliphatic carbocycles. The molecular weight excluding hydrogens is 238 g/mol. The van der Waals surface area contributed by atoms with Crippen molar-refractivity contribution in [3.63, 3.8) is 0 Å². The van der Waals surface area contributed by atoms with Crippen LogP contribution in [-0.4, -0.2) is 86.7 Å². The van der Waals surface area contributed by atoms with Gasteiger partial charge in [-0.2, -0.15) is 5.26 Å². The van der Waals surface area contributed by atoms with Crippen LogP contribution in [0.5, 0.6) is 0 Å². The van der Waals surface area contributed by atoms with Crippen molar-refractivity contribution in [3.8, 4) is 6.07 Å². The van der Waals surface area contributed by atoms with Gasteiger partial charge in [-0.15, -0.1) is 0 Å². The first kappa shape index (κ1) is 16.4. The SMILES string of the molecule is CCNC(C)(C#N)CN1CCN(CCN(C)C)CC1. The Labute approximate surface area is 118 Å². The number of rotatable bonds is 7. The molecule has 1 rings (SSSR count). The maximum Gasteiger partial charge on any atom is 0.116 e. The molecule has 0 spiro atoms. The third-order valence-corrected chi connectivity index (χ3v) is 3.68. The Hall–Kier alpha value is -0.670. The Morgan fingerprint density at radius 2 is 1.79 bits per heavy atom. The van der Waals surface area contributed by atoms with E-state index in [4.69, 9.17) is 0 Å². The molecule has 0 bridgehead atoms. The van der Waals surface area contributed by atoms with Gasteiger partial charge in [-0.05, 0) is 27.6 Å². The van der Waals surface area contributed by atoms with Crippen LogP contribution in [0, 0.1) is 11.3 Å². The summed E-state index contributed by atoms with van der Waals surface area (Å²) in [5.74, 6) is 0. The summed E-state index contributed by atoms with van der Waals surface area (Å²) in [6.07, 6.45) is 0. The van der Waals surface area contributed by atoms with Crippen molar-refractivity contribution in [2.45, 2.75) is 19.4 Å². The van der Waals surface area contributed by atoms with E-state index in [1.165, 1.54) is 0 Å². The summed E-state index contributed by atoms with van der Waals surface area (Å²) in [7, 11) is 4.23. The number of nitrogens with one attached hydrogen (secondary N) is 1. The molecule has 5 heteroatoms. The highest BCUT2D eigenvalue weighted by Crippen LogP contribution is 2.09. The van der Waals surface area contributed by atoms with Gasteiger partial charge in [0.15, 0.2) is 0 Å². The van der Waals surface area contributed by atoms with Gasteiger partial charge in [0.05, 0.1) is 6.07 Å². The highest BCUT2D eigenvalue weighted by Gasteiger charge is 2.27. The van der Waals surface area contributed by atoms with E-state index >= 15 is 0 Å². The first-order valence-corrected chi connectivity index (χ1v) is 7.25. The minimum absolute atomic E-state index is 0.416. The lowest BCUT2D eigenvalue weighted by molar-refractivity contribution is 0.110. The predicted molar refractivity (Wildman–Crippen MR) is 79.1 cm³/mol. The molecule has 1 saturated heterocycles. The maximum atomic E-state index is 9.29. The van der Waals surface area contributed by atoms with Crippen LogP contribution in [-0.2, 0) is 0 Å². The molecule has 1 fully saturated rings. The van der Waals surface area contributed by atoms with E-state index in [2.05, 4.69) is 47.1 Å². The molecule has 1 aliphatic heterocycles. The van der Waals surface area contributed by atoms with Crippen molar-refractivity contribution in [3.05, 3.63) is 0 Å². The van der Waals surface area contributed by atoms with E-state index in [-0.39, 0.29) is 0 Å². The number of nitrogens with zero attached hydrogens (tertiary/aromatic N) is 4. The molecular formula is C14H29N5. The molecule has 0 aromatic carbocycles. The van der Waals surface area contributed by atoms with Gasteiger partial charge in [-0.3, -0.25) is 15.1 Å². The fourth-order valence-corrected chi connectivity index (χ4v) is 2.48. The summed E-state index contributed by atoms with van der Waals surface area (Å²) >= 11 is 0. The van der Waals surface area contributed by atoms with Gasteiger partial charge in [-0.25, -0.2) is 0 Å². The van der Waals surface area contributed by atoms with E-state index in [0.717, 1.165) is 52.4 Å². The second-order valence-corrected chi connectivity index (χ2v) is 5.90. The first-order valence-electron chi connectivity index (χ1n) is 7.25. The van der Waals surface area contributed by atoms with Crippen molar-refractivity contribution in [1.29, 1.82) is 5.26 Å². The van der Waals surface area contributed by atoms with Crippen LogP contribution >= 0.6 is 0 Å². The lowest BCUT2D eigenvalue weighted by atomic mass is 10.0. The number of likely N-dealkylation sites (N-methyl/N-ethyl adjacent to an activating group) is 2. The molecule has 1 N–H and O–H groups in total. The Balaban J connectivity index is 2.32. The van der Waals surface area contributed by atoms with Crippen molar-refractivity contribution in [1.82, 2.24) is 20.0 Å². The Morgan fingerprint density at radius 1 is 1.21 bits per heavy atom. The van der Waals surface area contributed by atoms with Gasteiger partial charge in [0.2, 0.25) is 0 Å². The predicted octanol–water partition coefficient (Wildman–Crippen LogP) is 0.0574. The zero-order chi connectivity index (χ0) is 14.3. The fourth-order valence-electron chi connectivity index (χ4n) is 2.48. The van der Waals surface area contributed by atoms with Crippen LogP contribution in [0.15, 0.2) is 0 Å².